The van der Waals surface area contributed by atoms with E-state index in [1.165, 1.54) is 7.11 Å². The maximum absolute atomic E-state index is 11.0. The van der Waals surface area contributed by atoms with Gasteiger partial charge in [-0.1, -0.05) is 19.8 Å². The minimum Gasteiger partial charge on any atom is -0.356 e. The second-order valence-electron chi connectivity index (χ2n) is 4.79. The van der Waals surface area contributed by atoms with E-state index in [0.717, 1.165) is 32.2 Å². The van der Waals surface area contributed by atoms with Gasteiger partial charge in [-0.25, -0.2) is 4.89 Å². The first-order chi connectivity index (χ1) is 9.93. The van der Waals surface area contributed by atoms with E-state index in [1.807, 2.05) is 20.8 Å². The van der Waals surface area contributed by atoms with Crippen LogP contribution in [0.2, 0.25) is 0 Å². The van der Waals surface area contributed by atoms with Gasteiger partial charge in [0.25, 0.3) is 0 Å². The van der Waals surface area contributed by atoms with Crippen molar-refractivity contribution in [1.29, 1.82) is 0 Å². The Morgan fingerprint density at radius 1 is 1.24 bits per heavy atom. The maximum atomic E-state index is 11.0. The molecule has 1 unspecified atom stereocenters. The Morgan fingerprint density at radius 3 is 2.48 bits per heavy atom. The van der Waals surface area contributed by atoms with Crippen molar-refractivity contribution in [3.05, 3.63) is 0 Å². The largest absolute Gasteiger partial charge is 0.356 e. The normalized spacial score (nSPS) is 14.1. The molecule has 0 fully saturated rings. The molecule has 0 bridgehead atoms. The SMILES string of the molecule is CCC(=O)NCCCCCCOP(=S)(OOC)OC(C)C. The summed E-state index contributed by atoms with van der Waals surface area (Å²) in [5.74, 6) is 0.0987. The van der Waals surface area contributed by atoms with E-state index >= 15 is 0 Å². The molecule has 0 heterocycles. The standard InChI is InChI=1S/C13H28NO5PS/c1-5-13(15)14-10-8-6-7-9-11-17-20(21,19-16-4)18-12(2)3/h12H,5-11H2,1-4H3,(H,14,15). The molecule has 0 aromatic carbocycles. The van der Waals surface area contributed by atoms with E-state index in [4.69, 9.17) is 25.5 Å². The number of unbranched alkanes of at least 4 members (excludes halogenated alkanes) is 3. The molecule has 6 nitrogen and oxygen atoms in total. The Labute approximate surface area is 133 Å². The van der Waals surface area contributed by atoms with Crippen LogP contribution in [-0.2, 0) is 35.2 Å². The van der Waals surface area contributed by atoms with Crippen LogP contribution in [0.25, 0.3) is 0 Å². The molecule has 0 aliphatic rings. The van der Waals surface area contributed by atoms with Crippen LogP contribution in [0.4, 0.5) is 0 Å². The highest BCUT2D eigenvalue weighted by Crippen LogP contribution is 2.51. The van der Waals surface area contributed by atoms with Gasteiger partial charge in [-0.05, 0) is 38.5 Å². The molecule has 0 spiro atoms. The van der Waals surface area contributed by atoms with Gasteiger partial charge in [0.05, 0.1) is 19.8 Å². The van der Waals surface area contributed by atoms with E-state index in [0.29, 0.717) is 13.0 Å². The highest BCUT2D eigenvalue weighted by atomic mass is 32.5. The predicted octanol–water partition coefficient (Wildman–Crippen LogP) is 3.32. The zero-order valence-electron chi connectivity index (χ0n) is 13.4. The number of carbonyl (C=O) groups is 1. The van der Waals surface area contributed by atoms with Crippen molar-refractivity contribution in [2.24, 2.45) is 0 Å². The first-order valence-corrected chi connectivity index (χ1v) is 9.91. The lowest BCUT2D eigenvalue weighted by Gasteiger charge is -2.21. The van der Waals surface area contributed by atoms with E-state index < -0.39 is 6.72 Å². The van der Waals surface area contributed by atoms with Gasteiger partial charge in [-0.2, -0.15) is 0 Å². The summed E-state index contributed by atoms with van der Waals surface area (Å²) in [5, 5.41) is 2.85. The van der Waals surface area contributed by atoms with Crippen LogP contribution in [0.1, 0.15) is 52.9 Å². The maximum Gasteiger partial charge on any atom is 0.355 e. The zero-order chi connectivity index (χ0) is 16.1. The van der Waals surface area contributed by atoms with Gasteiger partial charge in [-0.3, -0.25) is 4.79 Å². The highest BCUT2D eigenvalue weighted by Gasteiger charge is 2.23. The topological polar surface area (TPSA) is 66.0 Å². The summed E-state index contributed by atoms with van der Waals surface area (Å²) >= 11 is 5.21. The molecule has 0 rings (SSSR count). The highest BCUT2D eigenvalue weighted by molar-refractivity contribution is 8.07. The number of carbonyl (C=O) groups excluding carboxylic acids is 1. The summed E-state index contributed by atoms with van der Waals surface area (Å²) in [6.45, 7) is 4.00. The van der Waals surface area contributed by atoms with Crippen LogP contribution >= 0.6 is 6.72 Å². The lowest BCUT2D eigenvalue weighted by atomic mass is 10.2. The average Bonchev–Trinajstić information content (AvgIpc) is 2.40. The Bertz CT molecular complexity index is 328. The lowest BCUT2D eigenvalue weighted by Crippen LogP contribution is -2.23. The second kappa shape index (κ2) is 12.5. The third-order valence-electron chi connectivity index (χ3n) is 2.47. The Balaban J connectivity index is 3.67. The Kier molecular flexibility index (Phi) is 12.5. The number of hydrogen-bond donors (Lipinski definition) is 1. The monoisotopic (exact) mass is 341 g/mol. The van der Waals surface area contributed by atoms with Gasteiger partial charge in [-0.15, -0.1) is 4.67 Å². The molecule has 1 N–H and O–H groups in total. The van der Waals surface area contributed by atoms with Crippen molar-refractivity contribution in [3.8, 4) is 0 Å². The van der Waals surface area contributed by atoms with Gasteiger partial charge in [0.2, 0.25) is 5.91 Å². The predicted molar refractivity (Wildman–Crippen MR) is 86.3 cm³/mol. The third kappa shape index (κ3) is 12.2. The molecule has 0 aromatic rings. The van der Waals surface area contributed by atoms with Crippen LogP contribution < -0.4 is 5.32 Å². The molecule has 1 atom stereocenters. The third-order valence-corrected chi connectivity index (χ3v) is 4.74. The summed E-state index contributed by atoms with van der Waals surface area (Å²) in [6.07, 6.45) is 4.34. The minimum absolute atomic E-state index is 0.0758. The fourth-order valence-corrected chi connectivity index (χ4v) is 3.64. The van der Waals surface area contributed by atoms with Crippen molar-refractivity contribution >= 4 is 24.4 Å². The van der Waals surface area contributed by atoms with Gasteiger partial charge >= 0.3 is 6.72 Å². The molecule has 126 valence electrons. The lowest BCUT2D eigenvalue weighted by molar-refractivity contribution is -0.193. The van der Waals surface area contributed by atoms with Gasteiger partial charge in [0.1, 0.15) is 0 Å². The van der Waals surface area contributed by atoms with Crippen molar-refractivity contribution in [1.82, 2.24) is 5.32 Å². The molecule has 0 aliphatic carbocycles. The molecule has 1 amide bonds. The number of amides is 1. The number of rotatable bonds is 13. The number of nitrogens with one attached hydrogen (secondary N) is 1. The van der Waals surface area contributed by atoms with Crippen molar-refractivity contribution in [3.63, 3.8) is 0 Å². The first kappa shape index (κ1) is 21.0. The number of hydrogen-bond acceptors (Lipinski definition) is 6. The summed E-state index contributed by atoms with van der Waals surface area (Å²) in [5.41, 5.74) is 0. The van der Waals surface area contributed by atoms with Crippen LogP contribution in [0.15, 0.2) is 0 Å². The van der Waals surface area contributed by atoms with Crippen molar-refractivity contribution < 1.29 is 23.4 Å². The molecule has 0 aliphatic heterocycles. The van der Waals surface area contributed by atoms with Crippen molar-refractivity contribution in [2.75, 3.05) is 20.3 Å². The smallest absolute Gasteiger partial charge is 0.355 e. The molecule has 8 heteroatoms. The van der Waals surface area contributed by atoms with E-state index in [9.17, 15) is 4.79 Å². The van der Waals surface area contributed by atoms with Crippen molar-refractivity contribution in [2.45, 2.75) is 59.0 Å². The molecular weight excluding hydrogens is 313 g/mol. The average molecular weight is 341 g/mol. The molecule has 0 radical (unpaired) electrons. The summed E-state index contributed by atoms with van der Waals surface area (Å²) in [6, 6.07) is 0. The molecule has 0 saturated carbocycles. The van der Waals surface area contributed by atoms with E-state index in [-0.39, 0.29) is 12.0 Å². The quantitative estimate of drug-likeness (QED) is 0.240. The Morgan fingerprint density at radius 2 is 1.90 bits per heavy atom. The summed E-state index contributed by atoms with van der Waals surface area (Å²) in [4.78, 5) is 15.6. The van der Waals surface area contributed by atoms with Gasteiger partial charge < -0.3 is 14.4 Å². The zero-order valence-corrected chi connectivity index (χ0v) is 15.1. The van der Waals surface area contributed by atoms with E-state index in [2.05, 4.69) is 10.2 Å². The second-order valence-corrected chi connectivity index (χ2v) is 7.65. The Hall–Kier alpha value is -0.0400. The summed E-state index contributed by atoms with van der Waals surface area (Å²) in [7, 11) is 1.39. The van der Waals surface area contributed by atoms with E-state index in [1.54, 1.807) is 0 Å². The van der Waals surface area contributed by atoms with Gasteiger partial charge in [0.15, 0.2) is 0 Å². The van der Waals surface area contributed by atoms with Gasteiger partial charge in [0, 0.05) is 13.0 Å². The first-order valence-electron chi connectivity index (χ1n) is 7.35. The van der Waals surface area contributed by atoms with Crippen LogP contribution in [-0.4, -0.2) is 32.3 Å². The fourth-order valence-electron chi connectivity index (χ4n) is 1.53. The summed E-state index contributed by atoms with van der Waals surface area (Å²) < 4.78 is 16.0. The molecule has 21 heavy (non-hydrogen) atoms. The van der Waals surface area contributed by atoms with Crippen LogP contribution in [0, 0.1) is 0 Å². The van der Waals surface area contributed by atoms with Crippen LogP contribution in [0.5, 0.6) is 0 Å². The molecular formula is C13H28NO5PS. The minimum atomic E-state index is -2.80. The molecule has 0 aromatic heterocycles. The fraction of sp³-hybridized carbons (Fsp3) is 0.923. The molecule has 0 saturated heterocycles. The van der Waals surface area contributed by atoms with Crippen LogP contribution in [0.3, 0.4) is 0 Å².